The molecule has 0 aromatic heterocycles. The van der Waals surface area contributed by atoms with Crippen LogP contribution in [0.4, 0.5) is 0 Å². The van der Waals surface area contributed by atoms with Gasteiger partial charge < -0.3 is 19.2 Å². The molecule has 4 nitrogen and oxygen atoms in total. The third-order valence-corrected chi connectivity index (χ3v) is 3.75. The number of rotatable bonds is 7. The molecule has 7 heteroatoms. The SMILES string of the molecule is OB(OB(OB(O)c1ccccc1)c1ccccc1)c1ccccc1. The molecule has 0 saturated carbocycles. The van der Waals surface area contributed by atoms with Crippen LogP contribution in [0.15, 0.2) is 91.0 Å². The smallest absolute Gasteiger partial charge is 0.444 e. The molecule has 0 bridgehead atoms. The van der Waals surface area contributed by atoms with E-state index in [0.29, 0.717) is 16.4 Å². The van der Waals surface area contributed by atoms with Crippen LogP contribution in [0.5, 0.6) is 0 Å². The Morgan fingerprint density at radius 2 is 0.800 bits per heavy atom. The van der Waals surface area contributed by atoms with Crippen LogP contribution < -0.4 is 16.4 Å². The summed E-state index contributed by atoms with van der Waals surface area (Å²) in [7, 11) is -3.27. The van der Waals surface area contributed by atoms with E-state index in [1.807, 2.05) is 66.7 Å². The Kier molecular flexibility index (Phi) is 6.09. The monoisotopic (exact) mass is 330 g/mol. The second-order valence-corrected chi connectivity index (χ2v) is 5.54. The molecule has 25 heavy (non-hydrogen) atoms. The first-order valence-corrected chi connectivity index (χ1v) is 8.06. The summed E-state index contributed by atoms with van der Waals surface area (Å²) in [4.78, 5) is 0. The van der Waals surface area contributed by atoms with E-state index < -0.39 is 21.4 Å². The molecule has 122 valence electrons. The van der Waals surface area contributed by atoms with Crippen LogP contribution in [0, 0.1) is 0 Å². The lowest BCUT2D eigenvalue weighted by molar-refractivity contribution is 0.356. The predicted molar refractivity (Wildman–Crippen MR) is 102 cm³/mol. The van der Waals surface area contributed by atoms with Gasteiger partial charge in [-0.1, -0.05) is 91.0 Å². The summed E-state index contributed by atoms with van der Waals surface area (Å²) in [6, 6.07) is 27.3. The maximum Gasteiger partial charge on any atom is 0.477 e. The van der Waals surface area contributed by atoms with Gasteiger partial charge in [0.25, 0.3) is 0 Å². The van der Waals surface area contributed by atoms with Gasteiger partial charge in [0, 0.05) is 0 Å². The van der Waals surface area contributed by atoms with Crippen LogP contribution in [0.3, 0.4) is 0 Å². The van der Waals surface area contributed by atoms with Crippen molar-refractivity contribution < 1.29 is 19.2 Å². The van der Waals surface area contributed by atoms with Crippen molar-refractivity contribution in [3.05, 3.63) is 91.0 Å². The minimum absolute atomic E-state index is 0.612. The predicted octanol–water partition coefficient (Wildman–Crippen LogP) is 0.190. The van der Waals surface area contributed by atoms with Crippen molar-refractivity contribution in [2.75, 3.05) is 0 Å². The van der Waals surface area contributed by atoms with Crippen LogP contribution in [0.2, 0.25) is 0 Å². The van der Waals surface area contributed by atoms with Gasteiger partial charge in [0.2, 0.25) is 0 Å². The number of hydrogen-bond acceptors (Lipinski definition) is 4. The Balaban J connectivity index is 1.78. The summed E-state index contributed by atoms with van der Waals surface area (Å²) < 4.78 is 11.4. The zero-order valence-corrected chi connectivity index (χ0v) is 13.6. The molecule has 0 aliphatic rings. The van der Waals surface area contributed by atoms with Gasteiger partial charge in [-0.3, -0.25) is 0 Å². The standard InChI is InChI=1S/C18H17B3O4/c22-19(16-10-4-1-5-11-16)24-21(18-14-8-3-9-15-18)25-20(23)17-12-6-2-7-13-17/h1-15,22-23H. The van der Waals surface area contributed by atoms with E-state index >= 15 is 0 Å². The molecule has 0 atom stereocenters. The molecule has 0 aliphatic heterocycles. The van der Waals surface area contributed by atoms with Crippen molar-refractivity contribution in [1.82, 2.24) is 0 Å². The molecule has 2 N–H and O–H groups in total. The average molecular weight is 330 g/mol. The molecule has 0 heterocycles. The summed E-state index contributed by atoms with van der Waals surface area (Å²) >= 11 is 0. The average Bonchev–Trinajstić information content (AvgIpc) is 2.69. The van der Waals surface area contributed by atoms with Gasteiger partial charge in [0.1, 0.15) is 0 Å². The molecule has 0 aliphatic carbocycles. The lowest BCUT2D eigenvalue weighted by Gasteiger charge is -2.19. The third-order valence-electron chi connectivity index (χ3n) is 3.75. The first-order chi connectivity index (χ1) is 12.2. The fraction of sp³-hybridized carbons (Fsp3) is 0. The zero-order valence-electron chi connectivity index (χ0n) is 13.6. The summed E-state index contributed by atoms with van der Waals surface area (Å²) in [6.07, 6.45) is 0. The Bertz CT molecular complexity index is 712. The fourth-order valence-electron chi connectivity index (χ4n) is 2.43. The van der Waals surface area contributed by atoms with Crippen LogP contribution in [0.25, 0.3) is 0 Å². The first kappa shape index (κ1) is 17.5. The van der Waals surface area contributed by atoms with Gasteiger partial charge in [-0.25, -0.2) is 0 Å². The first-order valence-electron chi connectivity index (χ1n) is 8.06. The third kappa shape index (κ3) is 4.84. The van der Waals surface area contributed by atoms with Crippen molar-refractivity contribution in [2.24, 2.45) is 0 Å². The molecule has 0 unspecified atom stereocenters. The minimum Gasteiger partial charge on any atom is -0.444 e. The second-order valence-electron chi connectivity index (χ2n) is 5.54. The van der Waals surface area contributed by atoms with E-state index in [1.165, 1.54) is 0 Å². The Morgan fingerprint density at radius 1 is 0.480 bits per heavy atom. The highest BCUT2D eigenvalue weighted by Gasteiger charge is 2.32. The molecular formula is C18H17B3O4. The van der Waals surface area contributed by atoms with E-state index in [2.05, 4.69) is 0 Å². The maximum absolute atomic E-state index is 10.4. The van der Waals surface area contributed by atoms with Gasteiger partial charge in [0.05, 0.1) is 0 Å². The molecule has 0 radical (unpaired) electrons. The normalized spacial score (nSPS) is 10.3. The molecule has 0 saturated heterocycles. The van der Waals surface area contributed by atoms with E-state index in [9.17, 15) is 10.0 Å². The van der Waals surface area contributed by atoms with Gasteiger partial charge in [0.15, 0.2) is 0 Å². The fourth-order valence-corrected chi connectivity index (χ4v) is 2.43. The van der Waals surface area contributed by atoms with Gasteiger partial charge in [-0.2, -0.15) is 0 Å². The van der Waals surface area contributed by atoms with E-state index in [1.54, 1.807) is 24.3 Å². The van der Waals surface area contributed by atoms with E-state index in [0.717, 1.165) is 0 Å². The Hall–Kier alpha value is -2.31. The molecule has 0 fully saturated rings. The lowest BCUT2D eigenvalue weighted by atomic mass is 9.67. The molecular weight excluding hydrogens is 313 g/mol. The number of benzene rings is 3. The lowest BCUT2D eigenvalue weighted by Crippen LogP contribution is -2.51. The summed E-state index contributed by atoms with van der Waals surface area (Å²) in [5.41, 5.74) is 1.93. The van der Waals surface area contributed by atoms with Crippen LogP contribution in [-0.2, 0) is 9.14 Å². The largest absolute Gasteiger partial charge is 0.477 e. The minimum atomic E-state index is -1.17. The number of hydrogen-bond donors (Lipinski definition) is 2. The molecule has 0 spiro atoms. The zero-order chi connectivity index (χ0) is 17.5. The highest BCUT2D eigenvalue weighted by Crippen LogP contribution is 1.99. The van der Waals surface area contributed by atoms with Gasteiger partial charge in [-0.15, -0.1) is 0 Å². The molecule has 3 aromatic rings. The van der Waals surface area contributed by atoms with Crippen molar-refractivity contribution in [3.8, 4) is 0 Å². The maximum atomic E-state index is 10.4. The molecule has 3 rings (SSSR count). The van der Waals surface area contributed by atoms with Crippen molar-refractivity contribution in [2.45, 2.75) is 0 Å². The van der Waals surface area contributed by atoms with E-state index in [4.69, 9.17) is 9.14 Å². The van der Waals surface area contributed by atoms with Crippen LogP contribution in [0.1, 0.15) is 0 Å². The molecule has 0 amide bonds. The quantitative estimate of drug-likeness (QED) is 0.608. The van der Waals surface area contributed by atoms with E-state index in [-0.39, 0.29) is 0 Å². The summed E-state index contributed by atoms with van der Waals surface area (Å²) in [6.45, 7) is 0. The second kappa shape index (κ2) is 8.69. The Morgan fingerprint density at radius 3 is 1.16 bits per heavy atom. The van der Waals surface area contributed by atoms with Crippen molar-refractivity contribution in [3.63, 3.8) is 0 Å². The van der Waals surface area contributed by atoms with Crippen molar-refractivity contribution in [1.29, 1.82) is 0 Å². The Labute approximate surface area is 148 Å². The van der Waals surface area contributed by atoms with Crippen LogP contribution >= 0.6 is 0 Å². The van der Waals surface area contributed by atoms with Gasteiger partial charge in [-0.05, 0) is 16.4 Å². The van der Waals surface area contributed by atoms with Crippen molar-refractivity contribution >= 4 is 37.7 Å². The summed E-state index contributed by atoms with van der Waals surface area (Å²) in [5, 5.41) is 20.7. The summed E-state index contributed by atoms with van der Waals surface area (Å²) in [5.74, 6) is 0. The highest BCUT2D eigenvalue weighted by molar-refractivity contribution is 6.79. The van der Waals surface area contributed by atoms with Crippen LogP contribution in [-0.4, -0.2) is 31.4 Å². The topological polar surface area (TPSA) is 58.9 Å². The highest BCUT2D eigenvalue weighted by atomic mass is 16.6. The molecule has 3 aromatic carbocycles. The van der Waals surface area contributed by atoms with Gasteiger partial charge >= 0.3 is 21.4 Å².